The van der Waals surface area contributed by atoms with E-state index in [1.54, 1.807) is 19.9 Å². The standard InChI is InChI=1S/C27H31N3O7/c1-18-23(26(32)36-14-12-29(3)17-20-8-5-4-6-9-20)25(21-10-7-11-22(16-21)30(34)35)24(19(2)28-18)27(33)37-15-13-31/h4-11,16,25,28,31H,12-15,17H2,1-3H3. The molecule has 3 rings (SSSR count). The van der Waals surface area contributed by atoms with Crippen LogP contribution in [0.3, 0.4) is 0 Å². The number of hydrogen-bond acceptors (Lipinski definition) is 9. The summed E-state index contributed by atoms with van der Waals surface area (Å²) in [6.07, 6.45) is 0. The predicted molar refractivity (Wildman–Crippen MR) is 136 cm³/mol. The van der Waals surface area contributed by atoms with Crippen LogP contribution in [0.25, 0.3) is 0 Å². The third-order valence-electron chi connectivity index (χ3n) is 5.94. The molecule has 0 fully saturated rings. The summed E-state index contributed by atoms with van der Waals surface area (Å²) >= 11 is 0. The van der Waals surface area contributed by atoms with Gasteiger partial charge >= 0.3 is 11.9 Å². The van der Waals surface area contributed by atoms with Crippen molar-refractivity contribution in [3.8, 4) is 0 Å². The molecule has 0 radical (unpaired) electrons. The van der Waals surface area contributed by atoms with Gasteiger partial charge in [0, 0.05) is 36.6 Å². The van der Waals surface area contributed by atoms with Gasteiger partial charge < -0.3 is 19.9 Å². The van der Waals surface area contributed by atoms with Crippen molar-refractivity contribution in [3.63, 3.8) is 0 Å². The molecule has 2 aromatic rings. The second kappa shape index (κ2) is 12.8. The van der Waals surface area contributed by atoms with Gasteiger partial charge in [0.1, 0.15) is 13.2 Å². The molecular weight excluding hydrogens is 478 g/mol. The molecule has 0 bridgehead atoms. The minimum atomic E-state index is -0.957. The number of nitrogens with one attached hydrogen (secondary N) is 1. The molecule has 37 heavy (non-hydrogen) atoms. The lowest BCUT2D eigenvalue weighted by Crippen LogP contribution is -2.33. The summed E-state index contributed by atoms with van der Waals surface area (Å²) in [7, 11) is 1.92. The van der Waals surface area contributed by atoms with Crippen molar-refractivity contribution in [3.05, 3.63) is 98.4 Å². The number of ether oxygens (including phenoxy) is 2. The third kappa shape index (κ3) is 7.02. The minimum absolute atomic E-state index is 0.105. The van der Waals surface area contributed by atoms with Gasteiger partial charge in [0.2, 0.25) is 0 Å². The molecule has 196 valence electrons. The average Bonchev–Trinajstić information content (AvgIpc) is 2.87. The number of rotatable bonds is 11. The predicted octanol–water partition coefficient (Wildman–Crippen LogP) is 3.04. The number of benzene rings is 2. The van der Waals surface area contributed by atoms with E-state index in [1.165, 1.54) is 18.2 Å². The van der Waals surface area contributed by atoms with Crippen LogP contribution in [0, 0.1) is 10.1 Å². The Kier molecular flexibility index (Phi) is 9.53. The quantitative estimate of drug-likeness (QED) is 0.266. The highest BCUT2D eigenvalue weighted by Gasteiger charge is 2.38. The maximum Gasteiger partial charge on any atom is 0.336 e. The van der Waals surface area contributed by atoms with Crippen LogP contribution in [-0.4, -0.2) is 60.3 Å². The molecule has 10 nitrogen and oxygen atoms in total. The number of nitro benzene ring substituents is 1. The number of aliphatic hydroxyl groups is 1. The van der Waals surface area contributed by atoms with Crippen molar-refractivity contribution < 1.29 is 29.1 Å². The second-order valence-corrected chi connectivity index (χ2v) is 8.71. The van der Waals surface area contributed by atoms with Gasteiger partial charge in [-0.05, 0) is 32.0 Å². The Hall–Kier alpha value is -4.02. The van der Waals surface area contributed by atoms with Crippen LogP contribution in [0.4, 0.5) is 5.69 Å². The van der Waals surface area contributed by atoms with Gasteiger partial charge in [0.15, 0.2) is 0 Å². The van der Waals surface area contributed by atoms with Crippen molar-refractivity contribution in [1.29, 1.82) is 0 Å². The number of nitrogens with zero attached hydrogens (tertiary/aromatic N) is 2. The smallest absolute Gasteiger partial charge is 0.336 e. The molecule has 2 aromatic carbocycles. The molecule has 0 saturated heterocycles. The molecule has 2 N–H and O–H groups in total. The molecule has 0 saturated carbocycles. The molecule has 1 aliphatic heterocycles. The van der Waals surface area contributed by atoms with Gasteiger partial charge in [0.25, 0.3) is 5.69 Å². The molecule has 10 heteroatoms. The highest BCUT2D eigenvalue weighted by atomic mass is 16.6. The van der Waals surface area contributed by atoms with Crippen LogP contribution in [0.5, 0.6) is 0 Å². The maximum absolute atomic E-state index is 13.4. The Morgan fingerprint density at radius 3 is 2.22 bits per heavy atom. The van der Waals surface area contributed by atoms with E-state index in [0.717, 1.165) is 5.56 Å². The number of hydrogen-bond donors (Lipinski definition) is 2. The number of nitro groups is 1. The summed E-state index contributed by atoms with van der Waals surface area (Å²) in [5.74, 6) is -2.34. The minimum Gasteiger partial charge on any atom is -0.461 e. The highest BCUT2D eigenvalue weighted by molar-refractivity contribution is 6.00. The van der Waals surface area contributed by atoms with Crippen molar-refractivity contribution in [2.75, 3.05) is 33.4 Å². The molecule has 0 aliphatic carbocycles. The maximum atomic E-state index is 13.4. The summed E-state index contributed by atoms with van der Waals surface area (Å²) in [6.45, 7) is 4.00. The Balaban J connectivity index is 1.86. The molecule has 0 spiro atoms. The van der Waals surface area contributed by atoms with Crippen LogP contribution in [0.1, 0.15) is 30.9 Å². The highest BCUT2D eigenvalue weighted by Crippen LogP contribution is 2.40. The van der Waals surface area contributed by atoms with Crippen molar-refractivity contribution in [1.82, 2.24) is 10.2 Å². The number of allylic oxidation sites excluding steroid dienone is 2. The first-order valence-electron chi connectivity index (χ1n) is 11.8. The van der Waals surface area contributed by atoms with Crippen LogP contribution in [-0.2, 0) is 25.6 Å². The molecule has 1 atom stereocenters. The molecule has 1 heterocycles. The monoisotopic (exact) mass is 509 g/mol. The summed E-state index contributed by atoms with van der Waals surface area (Å²) in [6, 6.07) is 15.7. The van der Waals surface area contributed by atoms with Crippen LogP contribution < -0.4 is 5.32 Å². The lowest BCUT2D eigenvalue weighted by atomic mass is 9.80. The molecule has 1 unspecified atom stereocenters. The zero-order chi connectivity index (χ0) is 26.9. The van der Waals surface area contributed by atoms with Gasteiger partial charge in [0.05, 0.1) is 28.6 Å². The lowest BCUT2D eigenvalue weighted by molar-refractivity contribution is -0.384. The number of carbonyl (C=O) groups excluding carboxylic acids is 2. The van der Waals surface area contributed by atoms with Gasteiger partial charge in [-0.15, -0.1) is 0 Å². The van der Waals surface area contributed by atoms with Crippen LogP contribution >= 0.6 is 0 Å². The first-order valence-corrected chi connectivity index (χ1v) is 11.8. The number of likely N-dealkylation sites (N-methyl/N-ethyl adjacent to an activating group) is 1. The number of dihydropyridines is 1. The SMILES string of the molecule is CC1=C(C(=O)OCCO)C(c2cccc([N+](=O)[O-])c2)C(C(=O)OCCN(C)Cc2ccccc2)=C(C)N1. The van der Waals surface area contributed by atoms with Gasteiger partial charge in [-0.1, -0.05) is 42.5 Å². The fraction of sp³-hybridized carbons (Fsp3) is 0.333. The second-order valence-electron chi connectivity index (χ2n) is 8.71. The van der Waals surface area contributed by atoms with E-state index in [4.69, 9.17) is 14.6 Å². The molecule has 0 amide bonds. The van der Waals surface area contributed by atoms with E-state index < -0.39 is 22.8 Å². The van der Waals surface area contributed by atoms with E-state index in [-0.39, 0.29) is 36.7 Å². The summed E-state index contributed by atoms with van der Waals surface area (Å²) < 4.78 is 10.8. The van der Waals surface area contributed by atoms with E-state index in [9.17, 15) is 19.7 Å². The van der Waals surface area contributed by atoms with Crippen molar-refractivity contribution in [2.45, 2.75) is 26.3 Å². The van der Waals surface area contributed by atoms with Crippen LogP contribution in [0.15, 0.2) is 77.1 Å². The normalized spacial score (nSPS) is 15.4. The largest absolute Gasteiger partial charge is 0.461 e. The number of esters is 2. The van der Waals surface area contributed by atoms with Gasteiger partial charge in [-0.3, -0.25) is 15.0 Å². The summed E-state index contributed by atoms with van der Waals surface area (Å²) in [5.41, 5.74) is 2.51. The van der Waals surface area contributed by atoms with Crippen molar-refractivity contribution >= 4 is 17.6 Å². The Labute approximate surface area is 215 Å². The summed E-state index contributed by atoms with van der Waals surface area (Å²) in [5, 5.41) is 23.6. The number of carbonyl (C=O) groups is 2. The zero-order valence-corrected chi connectivity index (χ0v) is 21.1. The van der Waals surface area contributed by atoms with Crippen molar-refractivity contribution in [2.24, 2.45) is 0 Å². The lowest BCUT2D eigenvalue weighted by Gasteiger charge is -2.30. The zero-order valence-electron chi connectivity index (χ0n) is 21.1. The number of non-ortho nitro benzene ring substituents is 1. The summed E-state index contributed by atoms with van der Waals surface area (Å²) in [4.78, 5) is 39.2. The molecule has 1 aliphatic rings. The van der Waals surface area contributed by atoms with Gasteiger partial charge in [-0.2, -0.15) is 0 Å². The third-order valence-corrected chi connectivity index (χ3v) is 5.94. The van der Waals surface area contributed by atoms with E-state index in [2.05, 4.69) is 5.32 Å². The average molecular weight is 510 g/mol. The topological polar surface area (TPSA) is 131 Å². The van der Waals surface area contributed by atoms with E-state index in [1.807, 2.05) is 42.3 Å². The van der Waals surface area contributed by atoms with Gasteiger partial charge in [-0.25, -0.2) is 9.59 Å². The fourth-order valence-corrected chi connectivity index (χ4v) is 4.25. The van der Waals surface area contributed by atoms with E-state index >= 15 is 0 Å². The molecule has 0 aromatic heterocycles. The van der Waals surface area contributed by atoms with Crippen LogP contribution in [0.2, 0.25) is 0 Å². The Bertz CT molecular complexity index is 1210. The Morgan fingerprint density at radius 1 is 1.00 bits per heavy atom. The molecular formula is C27H31N3O7. The fourth-order valence-electron chi connectivity index (χ4n) is 4.25. The first kappa shape index (κ1) is 27.6. The number of aliphatic hydroxyl groups excluding tert-OH is 1. The first-order chi connectivity index (χ1) is 17.7. The Morgan fingerprint density at radius 2 is 1.62 bits per heavy atom. The van der Waals surface area contributed by atoms with E-state index in [0.29, 0.717) is 30.0 Å².